The van der Waals surface area contributed by atoms with Crippen molar-refractivity contribution >= 4 is 23.4 Å². The summed E-state index contributed by atoms with van der Waals surface area (Å²) in [6.07, 6.45) is -0.291. The molecule has 1 aliphatic rings. The lowest BCUT2D eigenvalue weighted by Gasteiger charge is -2.30. The first-order valence-corrected chi connectivity index (χ1v) is 11.5. The zero-order chi connectivity index (χ0) is 22.0. The molecule has 0 fully saturated rings. The number of carbonyl (C=O) groups is 1. The molecule has 1 unspecified atom stereocenters. The highest BCUT2D eigenvalue weighted by Crippen LogP contribution is 2.43. The number of aryl methyl sites for hydroxylation is 1. The first-order valence-electron chi connectivity index (χ1n) is 10.5. The molecule has 0 bridgehead atoms. The molecular weight excluding hydrogens is 408 g/mol. The normalized spacial score (nSPS) is 15.1. The van der Waals surface area contributed by atoms with Gasteiger partial charge in [0.05, 0.1) is 5.69 Å². The van der Waals surface area contributed by atoms with Crippen LogP contribution in [0.2, 0.25) is 0 Å². The Morgan fingerprint density at radius 1 is 1.13 bits per heavy atom. The van der Waals surface area contributed by atoms with Crippen LogP contribution >= 0.6 is 11.8 Å². The molecule has 6 nitrogen and oxygen atoms in total. The number of carbonyl (C=O) groups excluding carboxylic acids is 1. The standard InChI is InChI=1S/C24H26N4O2S/c1-5-20(29)28-19-9-7-6-8-18(19)21-22(25-24(27-26-21)31-14-15(2)3)30-23(28)17-12-10-16(4)11-13-17/h6-13,15,23H,5,14H2,1-4H3. The third kappa shape index (κ3) is 4.42. The summed E-state index contributed by atoms with van der Waals surface area (Å²) in [5.41, 5.74) is 4.10. The van der Waals surface area contributed by atoms with Gasteiger partial charge in [-0.3, -0.25) is 9.69 Å². The summed E-state index contributed by atoms with van der Waals surface area (Å²) < 4.78 is 6.43. The van der Waals surface area contributed by atoms with E-state index in [0.29, 0.717) is 29.1 Å². The summed E-state index contributed by atoms with van der Waals surface area (Å²) in [4.78, 5) is 19.5. The Balaban J connectivity index is 1.87. The van der Waals surface area contributed by atoms with Gasteiger partial charge in [-0.15, -0.1) is 10.2 Å². The zero-order valence-corrected chi connectivity index (χ0v) is 19.0. The van der Waals surface area contributed by atoms with Crippen LogP contribution in [0, 0.1) is 12.8 Å². The van der Waals surface area contributed by atoms with E-state index < -0.39 is 6.23 Å². The van der Waals surface area contributed by atoms with Crippen molar-refractivity contribution in [2.75, 3.05) is 10.7 Å². The SMILES string of the molecule is CCC(=O)N1c2ccccc2-c2nnc(SCC(C)C)nc2OC1c1ccc(C)cc1. The van der Waals surface area contributed by atoms with E-state index in [-0.39, 0.29) is 5.91 Å². The molecule has 4 rings (SSSR count). The summed E-state index contributed by atoms with van der Waals surface area (Å²) >= 11 is 1.55. The van der Waals surface area contributed by atoms with Crippen molar-refractivity contribution in [2.45, 2.75) is 45.5 Å². The van der Waals surface area contributed by atoms with Crippen molar-refractivity contribution in [2.24, 2.45) is 5.92 Å². The Morgan fingerprint density at radius 2 is 1.87 bits per heavy atom. The molecule has 7 heteroatoms. The number of nitrogens with zero attached hydrogens (tertiary/aromatic N) is 4. The van der Waals surface area contributed by atoms with E-state index in [0.717, 1.165) is 28.1 Å². The van der Waals surface area contributed by atoms with E-state index in [1.165, 1.54) is 0 Å². The number of ether oxygens (including phenoxy) is 1. The van der Waals surface area contributed by atoms with Gasteiger partial charge >= 0.3 is 0 Å². The quantitative estimate of drug-likeness (QED) is 0.499. The van der Waals surface area contributed by atoms with Gasteiger partial charge in [0.25, 0.3) is 0 Å². The molecule has 3 aromatic rings. The molecule has 31 heavy (non-hydrogen) atoms. The number of rotatable bonds is 5. The summed E-state index contributed by atoms with van der Waals surface area (Å²) in [6, 6.07) is 15.7. The van der Waals surface area contributed by atoms with Crippen LogP contribution in [-0.2, 0) is 4.79 Å². The molecule has 0 saturated heterocycles. The number of anilines is 1. The molecule has 0 radical (unpaired) electrons. The number of thioether (sulfide) groups is 1. The van der Waals surface area contributed by atoms with E-state index in [9.17, 15) is 4.79 Å². The van der Waals surface area contributed by atoms with Gasteiger partial charge in [-0.05, 0) is 18.9 Å². The minimum Gasteiger partial charge on any atom is -0.447 e. The fourth-order valence-electron chi connectivity index (χ4n) is 3.40. The average Bonchev–Trinajstić information content (AvgIpc) is 2.92. The van der Waals surface area contributed by atoms with E-state index >= 15 is 0 Å². The first-order chi connectivity index (χ1) is 15.0. The number of benzene rings is 2. The number of aromatic nitrogens is 3. The van der Waals surface area contributed by atoms with Gasteiger partial charge in [0.15, 0.2) is 5.69 Å². The molecule has 1 aliphatic heterocycles. The van der Waals surface area contributed by atoms with Gasteiger partial charge in [-0.2, -0.15) is 4.98 Å². The molecule has 1 aromatic heterocycles. The van der Waals surface area contributed by atoms with Crippen LogP contribution in [0.5, 0.6) is 5.88 Å². The summed E-state index contributed by atoms with van der Waals surface area (Å²) in [7, 11) is 0. The van der Waals surface area contributed by atoms with Crippen LogP contribution in [0.3, 0.4) is 0 Å². The van der Waals surface area contributed by atoms with E-state index in [1.807, 2.05) is 62.4 Å². The maximum Gasteiger partial charge on any atom is 0.247 e. The summed E-state index contributed by atoms with van der Waals surface area (Å²) in [6.45, 7) is 8.19. The van der Waals surface area contributed by atoms with E-state index in [4.69, 9.17) is 4.74 Å². The van der Waals surface area contributed by atoms with Crippen LogP contribution in [0.25, 0.3) is 11.3 Å². The number of fused-ring (bicyclic) bond motifs is 3. The predicted octanol–water partition coefficient (Wildman–Crippen LogP) is 5.43. The van der Waals surface area contributed by atoms with Crippen LogP contribution in [0.4, 0.5) is 5.69 Å². The van der Waals surface area contributed by atoms with Gasteiger partial charge in [0, 0.05) is 23.3 Å². The lowest BCUT2D eigenvalue weighted by atomic mass is 10.1. The molecule has 0 aliphatic carbocycles. The first kappa shape index (κ1) is 21.3. The van der Waals surface area contributed by atoms with Crippen LogP contribution in [0.15, 0.2) is 53.7 Å². The smallest absolute Gasteiger partial charge is 0.247 e. The third-order valence-electron chi connectivity index (χ3n) is 4.99. The van der Waals surface area contributed by atoms with Crippen molar-refractivity contribution in [3.8, 4) is 17.1 Å². The number of para-hydroxylation sites is 1. The largest absolute Gasteiger partial charge is 0.447 e. The van der Waals surface area contributed by atoms with Gasteiger partial charge in [-0.1, -0.05) is 80.6 Å². The Kier molecular flexibility index (Phi) is 6.23. The topological polar surface area (TPSA) is 68.2 Å². The highest BCUT2D eigenvalue weighted by Gasteiger charge is 2.35. The highest BCUT2D eigenvalue weighted by atomic mass is 32.2. The maximum atomic E-state index is 13.1. The monoisotopic (exact) mass is 434 g/mol. The second-order valence-electron chi connectivity index (χ2n) is 7.97. The number of hydrogen-bond donors (Lipinski definition) is 0. The van der Waals surface area contributed by atoms with E-state index in [2.05, 4.69) is 29.0 Å². The van der Waals surface area contributed by atoms with Gasteiger partial charge in [0.1, 0.15) is 0 Å². The Bertz CT molecular complexity index is 1090. The van der Waals surface area contributed by atoms with Crippen molar-refractivity contribution in [3.63, 3.8) is 0 Å². The van der Waals surface area contributed by atoms with Crippen LogP contribution in [-0.4, -0.2) is 26.8 Å². The van der Waals surface area contributed by atoms with Gasteiger partial charge in [-0.25, -0.2) is 0 Å². The average molecular weight is 435 g/mol. The van der Waals surface area contributed by atoms with E-state index in [1.54, 1.807) is 16.7 Å². The minimum absolute atomic E-state index is 0.0341. The fourth-order valence-corrected chi connectivity index (χ4v) is 4.13. The Morgan fingerprint density at radius 3 is 2.58 bits per heavy atom. The highest BCUT2D eigenvalue weighted by molar-refractivity contribution is 7.99. The maximum absolute atomic E-state index is 13.1. The summed E-state index contributed by atoms with van der Waals surface area (Å²) in [5, 5.41) is 9.36. The molecule has 2 aromatic carbocycles. The number of amides is 1. The second-order valence-corrected chi connectivity index (χ2v) is 8.96. The van der Waals surface area contributed by atoms with Crippen molar-refractivity contribution in [1.29, 1.82) is 0 Å². The Hall–Kier alpha value is -2.93. The Labute approximate surface area is 187 Å². The van der Waals surface area contributed by atoms with Crippen molar-refractivity contribution in [3.05, 3.63) is 59.7 Å². The zero-order valence-electron chi connectivity index (χ0n) is 18.2. The van der Waals surface area contributed by atoms with Gasteiger partial charge < -0.3 is 4.74 Å². The lowest BCUT2D eigenvalue weighted by molar-refractivity contribution is -0.120. The van der Waals surface area contributed by atoms with Crippen molar-refractivity contribution < 1.29 is 9.53 Å². The second kappa shape index (κ2) is 9.06. The molecular formula is C24H26N4O2S. The third-order valence-corrected chi connectivity index (χ3v) is 6.26. The van der Waals surface area contributed by atoms with Crippen LogP contribution in [0.1, 0.15) is 44.5 Å². The van der Waals surface area contributed by atoms with Crippen LogP contribution < -0.4 is 9.64 Å². The minimum atomic E-state index is -0.643. The number of hydrogen-bond acceptors (Lipinski definition) is 6. The molecule has 0 spiro atoms. The lowest BCUT2D eigenvalue weighted by Crippen LogP contribution is -2.37. The molecule has 2 heterocycles. The summed E-state index contributed by atoms with van der Waals surface area (Å²) in [5.74, 6) is 1.75. The molecule has 1 atom stereocenters. The van der Waals surface area contributed by atoms with Gasteiger partial charge in [0.2, 0.25) is 23.2 Å². The molecule has 0 saturated carbocycles. The molecule has 0 N–H and O–H groups in total. The predicted molar refractivity (Wildman–Crippen MR) is 123 cm³/mol. The molecule has 1 amide bonds. The molecule has 160 valence electrons. The fraction of sp³-hybridized carbons (Fsp3) is 0.333. The van der Waals surface area contributed by atoms with Crippen molar-refractivity contribution in [1.82, 2.24) is 15.2 Å².